The summed E-state index contributed by atoms with van der Waals surface area (Å²) in [6.45, 7) is 7.04. The van der Waals surface area contributed by atoms with Crippen LogP contribution in [0.2, 0.25) is 0 Å². The zero-order valence-corrected chi connectivity index (χ0v) is 14.6. The maximum atomic E-state index is 13.1. The van der Waals surface area contributed by atoms with Crippen LogP contribution in [0.4, 0.5) is 0 Å². The smallest absolute Gasteiger partial charge is 0.240 e. The van der Waals surface area contributed by atoms with Gasteiger partial charge in [-0.15, -0.1) is 0 Å². The molecule has 0 aliphatic carbocycles. The lowest BCUT2D eigenvalue weighted by Crippen LogP contribution is -2.52. The van der Waals surface area contributed by atoms with Crippen LogP contribution in [0.3, 0.4) is 0 Å². The van der Waals surface area contributed by atoms with Crippen molar-refractivity contribution in [1.82, 2.24) is 9.80 Å². The van der Waals surface area contributed by atoms with E-state index in [0.717, 1.165) is 19.5 Å². The zero-order valence-electron chi connectivity index (χ0n) is 14.6. The number of benzene rings is 1. The first-order chi connectivity index (χ1) is 11.5. The van der Waals surface area contributed by atoms with Gasteiger partial charge in [0.2, 0.25) is 11.8 Å². The van der Waals surface area contributed by atoms with Gasteiger partial charge in [0.15, 0.2) is 0 Å². The Labute approximate surface area is 143 Å². The highest BCUT2D eigenvalue weighted by Gasteiger charge is 2.37. The highest BCUT2D eigenvalue weighted by molar-refractivity contribution is 5.84. The summed E-state index contributed by atoms with van der Waals surface area (Å²) in [5.41, 5.74) is 8.11. The zero-order chi connectivity index (χ0) is 17.3. The monoisotopic (exact) mass is 329 g/mol. The molecule has 5 heteroatoms. The maximum absolute atomic E-state index is 13.1. The minimum Gasteiger partial charge on any atom is -0.369 e. The molecule has 0 saturated carbocycles. The summed E-state index contributed by atoms with van der Waals surface area (Å²) in [4.78, 5) is 28.6. The molecule has 2 aliphatic heterocycles. The summed E-state index contributed by atoms with van der Waals surface area (Å²) in [6.07, 6.45) is 1.67. The molecule has 0 radical (unpaired) electrons. The van der Waals surface area contributed by atoms with E-state index in [1.54, 1.807) is 0 Å². The number of primary amides is 1. The first-order valence-corrected chi connectivity index (χ1v) is 8.86. The maximum Gasteiger partial charge on any atom is 0.240 e. The van der Waals surface area contributed by atoms with E-state index >= 15 is 0 Å². The third kappa shape index (κ3) is 3.31. The van der Waals surface area contributed by atoms with Crippen LogP contribution in [-0.4, -0.2) is 47.3 Å². The van der Waals surface area contributed by atoms with Gasteiger partial charge in [-0.25, -0.2) is 0 Å². The van der Waals surface area contributed by atoms with E-state index in [1.165, 1.54) is 11.1 Å². The molecule has 0 spiro atoms. The average molecular weight is 329 g/mol. The molecule has 1 saturated heterocycles. The number of nitrogens with two attached hydrogens (primary N) is 1. The van der Waals surface area contributed by atoms with Crippen LogP contribution in [0, 0.1) is 11.8 Å². The molecule has 0 unspecified atom stereocenters. The number of rotatable bonds is 4. The van der Waals surface area contributed by atoms with Crippen molar-refractivity contribution < 1.29 is 9.59 Å². The Morgan fingerprint density at radius 1 is 1.17 bits per heavy atom. The number of carbonyl (C=O) groups is 2. The molecule has 5 nitrogen and oxygen atoms in total. The molecule has 2 aliphatic rings. The first-order valence-electron chi connectivity index (χ1n) is 8.86. The Kier molecular flexibility index (Phi) is 4.90. The van der Waals surface area contributed by atoms with Crippen LogP contribution in [0.25, 0.3) is 0 Å². The van der Waals surface area contributed by atoms with Crippen molar-refractivity contribution in [3.8, 4) is 0 Å². The number of amides is 2. The summed E-state index contributed by atoms with van der Waals surface area (Å²) < 4.78 is 0. The van der Waals surface area contributed by atoms with Crippen molar-refractivity contribution in [2.75, 3.05) is 19.6 Å². The van der Waals surface area contributed by atoms with Gasteiger partial charge < -0.3 is 10.6 Å². The fraction of sp³-hybridized carbons (Fsp3) is 0.579. The van der Waals surface area contributed by atoms with E-state index in [-0.39, 0.29) is 29.7 Å². The van der Waals surface area contributed by atoms with Crippen molar-refractivity contribution >= 4 is 11.8 Å². The normalized spacial score (nSPS) is 22.5. The second-order valence-corrected chi connectivity index (χ2v) is 7.35. The molecule has 3 rings (SSSR count). The van der Waals surface area contributed by atoms with Gasteiger partial charge in [-0.1, -0.05) is 38.1 Å². The lowest BCUT2D eigenvalue weighted by molar-refractivity contribution is -0.138. The van der Waals surface area contributed by atoms with E-state index in [2.05, 4.69) is 43.0 Å². The fourth-order valence-electron chi connectivity index (χ4n) is 4.00. The van der Waals surface area contributed by atoms with E-state index in [9.17, 15) is 9.59 Å². The molecule has 0 aromatic heterocycles. The van der Waals surface area contributed by atoms with Crippen molar-refractivity contribution in [2.45, 2.75) is 39.3 Å². The van der Waals surface area contributed by atoms with Crippen LogP contribution in [0.5, 0.6) is 0 Å². The quantitative estimate of drug-likeness (QED) is 0.908. The third-order valence-electron chi connectivity index (χ3n) is 5.34. The van der Waals surface area contributed by atoms with Gasteiger partial charge in [0.25, 0.3) is 0 Å². The van der Waals surface area contributed by atoms with Crippen molar-refractivity contribution in [2.24, 2.45) is 17.6 Å². The minimum absolute atomic E-state index is 0.134. The van der Waals surface area contributed by atoms with Crippen LogP contribution >= 0.6 is 0 Å². The van der Waals surface area contributed by atoms with Crippen LogP contribution in [0.1, 0.15) is 31.4 Å². The molecule has 2 amide bonds. The van der Waals surface area contributed by atoms with E-state index in [0.29, 0.717) is 19.5 Å². The lowest BCUT2D eigenvalue weighted by Gasteiger charge is -2.38. The van der Waals surface area contributed by atoms with Gasteiger partial charge >= 0.3 is 0 Å². The second-order valence-electron chi connectivity index (χ2n) is 7.35. The molecule has 0 bridgehead atoms. The molecule has 130 valence electrons. The molecular weight excluding hydrogens is 302 g/mol. The minimum atomic E-state index is -0.293. The van der Waals surface area contributed by atoms with Gasteiger partial charge in [-0.05, 0) is 29.9 Å². The number of carbonyl (C=O) groups excluding carboxylic acids is 2. The Morgan fingerprint density at radius 2 is 1.88 bits per heavy atom. The second kappa shape index (κ2) is 6.93. The summed E-state index contributed by atoms with van der Waals surface area (Å²) in [7, 11) is 0. The fourth-order valence-corrected chi connectivity index (χ4v) is 4.00. The predicted molar refractivity (Wildman–Crippen MR) is 93.1 cm³/mol. The summed E-state index contributed by atoms with van der Waals surface area (Å²) >= 11 is 0. The highest BCUT2D eigenvalue weighted by atomic mass is 16.2. The van der Waals surface area contributed by atoms with E-state index in [1.807, 2.05) is 4.90 Å². The largest absolute Gasteiger partial charge is 0.369 e. The van der Waals surface area contributed by atoms with Gasteiger partial charge in [-0.2, -0.15) is 0 Å². The van der Waals surface area contributed by atoms with Crippen molar-refractivity contribution in [3.05, 3.63) is 35.4 Å². The predicted octanol–water partition coefficient (Wildman–Crippen LogP) is 1.40. The Bertz CT molecular complexity index is 629. The topological polar surface area (TPSA) is 66.6 Å². The first kappa shape index (κ1) is 17.0. The summed E-state index contributed by atoms with van der Waals surface area (Å²) in [5.74, 6) is -0.106. The Balaban J connectivity index is 1.74. The third-order valence-corrected chi connectivity index (χ3v) is 5.34. The summed E-state index contributed by atoms with van der Waals surface area (Å²) in [6, 6.07) is 8.34. The molecular formula is C19H27N3O2. The number of hydrogen-bond donors (Lipinski definition) is 1. The van der Waals surface area contributed by atoms with Crippen molar-refractivity contribution in [3.63, 3.8) is 0 Å². The average Bonchev–Trinajstić information content (AvgIpc) is 3.05. The van der Waals surface area contributed by atoms with Gasteiger partial charge in [-0.3, -0.25) is 14.5 Å². The number of likely N-dealkylation sites (tertiary alicyclic amines) is 1. The molecule has 1 fully saturated rings. The van der Waals surface area contributed by atoms with Gasteiger partial charge in [0.1, 0.15) is 0 Å². The Morgan fingerprint density at radius 3 is 2.50 bits per heavy atom. The van der Waals surface area contributed by atoms with Crippen molar-refractivity contribution in [1.29, 1.82) is 0 Å². The Hall–Kier alpha value is -1.88. The highest BCUT2D eigenvalue weighted by Crippen LogP contribution is 2.26. The number of fused-ring (bicyclic) bond motifs is 1. The van der Waals surface area contributed by atoms with Crippen LogP contribution in [-0.2, 0) is 22.6 Å². The molecule has 1 aromatic rings. The van der Waals surface area contributed by atoms with E-state index in [4.69, 9.17) is 5.73 Å². The van der Waals surface area contributed by atoms with Crippen LogP contribution in [0.15, 0.2) is 24.3 Å². The molecule has 1 aromatic carbocycles. The SMILES string of the molecule is CC(C)[C@H](C(=O)N1CC[C@@H](C(N)=O)C1)N1CCc2ccccc2C1. The molecule has 2 heterocycles. The molecule has 2 N–H and O–H groups in total. The van der Waals surface area contributed by atoms with Gasteiger partial charge in [0, 0.05) is 26.2 Å². The van der Waals surface area contributed by atoms with Gasteiger partial charge in [0.05, 0.1) is 12.0 Å². The van der Waals surface area contributed by atoms with E-state index < -0.39 is 0 Å². The number of nitrogens with zero attached hydrogens (tertiary/aromatic N) is 2. The lowest BCUT2D eigenvalue weighted by atomic mass is 9.94. The summed E-state index contributed by atoms with van der Waals surface area (Å²) in [5, 5.41) is 0. The molecule has 24 heavy (non-hydrogen) atoms. The van der Waals surface area contributed by atoms with Crippen LogP contribution < -0.4 is 5.73 Å². The molecule has 2 atom stereocenters. The number of hydrogen-bond acceptors (Lipinski definition) is 3. The standard InChI is InChI=1S/C19H27N3O2/c1-13(2)17(19(24)22-10-8-16(12-22)18(20)23)21-9-7-14-5-3-4-6-15(14)11-21/h3-6,13,16-17H,7-12H2,1-2H3,(H2,20,23)/t16-,17-/m1/s1.